The van der Waals surface area contributed by atoms with Crippen molar-refractivity contribution in [1.82, 2.24) is 20.3 Å². The van der Waals surface area contributed by atoms with E-state index in [0.717, 1.165) is 11.1 Å². The van der Waals surface area contributed by atoms with E-state index in [1.165, 1.54) is 6.39 Å². The van der Waals surface area contributed by atoms with Crippen LogP contribution in [-0.4, -0.2) is 26.9 Å². The molecule has 2 aromatic carbocycles. The maximum Gasteiger partial charge on any atom is 0.242 e. The van der Waals surface area contributed by atoms with Gasteiger partial charge in [-0.1, -0.05) is 61.3 Å². The van der Waals surface area contributed by atoms with Gasteiger partial charge in [-0.3, -0.25) is 4.79 Å². The summed E-state index contributed by atoms with van der Waals surface area (Å²) in [5.41, 5.74) is 2.48. The van der Waals surface area contributed by atoms with Crippen molar-refractivity contribution < 1.29 is 9.21 Å². The maximum atomic E-state index is 13.2. The van der Waals surface area contributed by atoms with Gasteiger partial charge >= 0.3 is 0 Å². The molecule has 0 fully saturated rings. The largest absolute Gasteiger partial charge is 0.442 e. The molecule has 8 nitrogen and oxygen atoms in total. The molecule has 4 rings (SSSR count). The Bertz CT molecular complexity index is 1310. The SMILES string of the molecule is CC(C)C[C@@H](Nc1cc(-c2cnco2)nc(NCc2cccc(Cl)c2)n1)C(=O)NCc1ccc(Cl)cc1. The number of oxazole rings is 1. The normalized spacial score (nSPS) is 11.8. The molecule has 4 aromatic rings. The molecule has 1 amide bonds. The van der Waals surface area contributed by atoms with E-state index in [9.17, 15) is 4.79 Å². The maximum absolute atomic E-state index is 13.2. The molecule has 2 heterocycles. The first kappa shape index (κ1) is 26.4. The Morgan fingerprint density at radius 1 is 0.973 bits per heavy atom. The van der Waals surface area contributed by atoms with Gasteiger partial charge in [0.25, 0.3) is 0 Å². The monoisotopic (exact) mass is 538 g/mol. The van der Waals surface area contributed by atoms with Crippen molar-refractivity contribution >= 4 is 40.9 Å². The second-order valence-corrected chi connectivity index (χ2v) is 9.85. The van der Waals surface area contributed by atoms with Gasteiger partial charge in [0.15, 0.2) is 12.2 Å². The van der Waals surface area contributed by atoms with Crippen LogP contribution in [0.5, 0.6) is 0 Å². The predicted octanol–water partition coefficient (Wildman–Crippen LogP) is 6.19. The molecule has 0 aliphatic rings. The van der Waals surface area contributed by atoms with E-state index in [2.05, 4.69) is 44.7 Å². The molecule has 0 spiro atoms. The third-order valence-corrected chi connectivity index (χ3v) is 5.96. The van der Waals surface area contributed by atoms with E-state index in [1.807, 2.05) is 36.4 Å². The zero-order valence-corrected chi connectivity index (χ0v) is 22.1. The number of aromatic nitrogens is 3. The Balaban J connectivity index is 1.53. The van der Waals surface area contributed by atoms with Gasteiger partial charge in [-0.25, -0.2) is 9.97 Å². The molecule has 0 bridgehead atoms. The number of halogens is 2. The Morgan fingerprint density at radius 3 is 2.49 bits per heavy atom. The summed E-state index contributed by atoms with van der Waals surface area (Å²) in [6.45, 7) is 5.00. The second kappa shape index (κ2) is 12.6. The fourth-order valence-electron chi connectivity index (χ4n) is 3.69. The molecule has 0 saturated heterocycles. The van der Waals surface area contributed by atoms with Crippen LogP contribution in [0.4, 0.5) is 11.8 Å². The molecule has 0 radical (unpaired) electrons. The fourth-order valence-corrected chi connectivity index (χ4v) is 4.03. The number of amides is 1. The highest BCUT2D eigenvalue weighted by Gasteiger charge is 2.21. The number of nitrogens with zero attached hydrogens (tertiary/aromatic N) is 3. The molecule has 0 saturated carbocycles. The molecular formula is C27H28Cl2N6O2. The number of carbonyl (C=O) groups excluding carboxylic acids is 1. The van der Waals surface area contributed by atoms with Crippen molar-refractivity contribution in [2.45, 2.75) is 39.4 Å². The van der Waals surface area contributed by atoms with Gasteiger partial charge in [0, 0.05) is 29.2 Å². The van der Waals surface area contributed by atoms with Crippen molar-refractivity contribution in [2.75, 3.05) is 10.6 Å². The standard InChI is InChI=1S/C27H28Cl2N6O2/c1-17(2)10-23(26(36)31-13-18-6-8-20(28)9-7-18)33-25-12-22(24-15-30-16-37-24)34-27(35-25)32-14-19-4-3-5-21(29)11-19/h3-9,11-12,15-17,23H,10,13-14H2,1-2H3,(H,31,36)(H2,32,33,34,35)/t23-/m1/s1. The first-order valence-electron chi connectivity index (χ1n) is 11.9. The second-order valence-electron chi connectivity index (χ2n) is 8.98. The highest BCUT2D eigenvalue weighted by atomic mass is 35.5. The number of benzene rings is 2. The van der Waals surface area contributed by atoms with Crippen LogP contribution in [0, 0.1) is 5.92 Å². The number of hydrogen-bond acceptors (Lipinski definition) is 7. The Hall–Kier alpha value is -3.62. The molecule has 0 aliphatic heterocycles. The third-order valence-electron chi connectivity index (χ3n) is 5.48. The first-order valence-corrected chi connectivity index (χ1v) is 12.7. The van der Waals surface area contributed by atoms with Crippen LogP contribution >= 0.6 is 23.2 Å². The van der Waals surface area contributed by atoms with E-state index in [1.54, 1.807) is 24.4 Å². The quantitative estimate of drug-likeness (QED) is 0.209. The van der Waals surface area contributed by atoms with Gasteiger partial charge in [-0.05, 0) is 47.7 Å². The number of anilines is 2. The van der Waals surface area contributed by atoms with Gasteiger partial charge in [-0.15, -0.1) is 0 Å². The molecule has 1 atom stereocenters. The van der Waals surface area contributed by atoms with Crippen LogP contribution in [0.25, 0.3) is 11.5 Å². The van der Waals surface area contributed by atoms with Gasteiger partial charge in [0.05, 0.1) is 6.20 Å². The molecule has 2 aromatic heterocycles. The molecular weight excluding hydrogens is 511 g/mol. The first-order chi connectivity index (χ1) is 17.9. The molecule has 10 heteroatoms. The topological polar surface area (TPSA) is 105 Å². The number of rotatable bonds is 11. The minimum absolute atomic E-state index is 0.128. The summed E-state index contributed by atoms with van der Waals surface area (Å²) < 4.78 is 5.46. The summed E-state index contributed by atoms with van der Waals surface area (Å²) in [6.07, 6.45) is 3.53. The van der Waals surface area contributed by atoms with Gasteiger partial charge in [-0.2, -0.15) is 4.98 Å². The predicted molar refractivity (Wildman–Crippen MR) is 146 cm³/mol. The fraction of sp³-hybridized carbons (Fsp3) is 0.259. The van der Waals surface area contributed by atoms with Crippen LogP contribution in [0.3, 0.4) is 0 Å². The Morgan fingerprint density at radius 2 is 1.78 bits per heavy atom. The summed E-state index contributed by atoms with van der Waals surface area (Å²) in [7, 11) is 0. The van der Waals surface area contributed by atoms with Crippen LogP contribution < -0.4 is 16.0 Å². The average Bonchev–Trinajstić information content (AvgIpc) is 3.42. The molecule has 0 unspecified atom stereocenters. The van der Waals surface area contributed by atoms with E-state index in [-0.39, 0.29) is 11.8 Å². The van der Waals surface area contributed by atoms with Crippen molar-refractivity contribution in [3.8, 4) is 11.5 Å². The lowest BCUT2D eigenvalue weighted by molar-refractivity contribution is -0.122. The van der Waals surface area contributed by atoms with Crippen LogP contribution in [-0.2, 0) is 17.9 Å². The lowest BCUT2D eigenvalue weighted by Gasteiger charge is -2.21. The molecule has 37 heavy (non-hydrogen) atoms. The lowest BCUT2D eigenvalue weighted by atomic mass is 10.0. The van der Waals surface area contributed by atoms with Crippen molar-refractivity contribution in [3.63, 3.8) is 0 Å². The van der Waals surface area contributed by atoms with Crippen LogP contribution in [0.1, 0.15) is 31.4 Å². The summed E-state index contributed by atoms with van der Waals surface area (Å²) >= 11 is 12.1. The smallest absolute Gasteiger partial charge is 0.242 e. The summed E-state index contributed by atoms with van der Waals surface area (Å²) in [6, 6.07) is 16.2. The minimum atomic E-state index is -0.509. The summed E-state index contributed by atoms with van der Waals surface area (Å²) in [4.78, 5) is 26.3. The molecule has 3 N–H and O–H groups in total. The zero-order valence-electron chi connectivity index (χ0n) is 20.5. The molecule has 0 aliphatic carbocycles. The van der Waals surface area contributed by atoms with Crippen molar-refractivity contribution in [1.29, 1.82) is 0 Å². The number of carbonyl (C=O) groups is 1. The highest BCUT2D eigenvalue weighted by Crippen LogP contribution is 2.23. The summed E-state index contributed by atoms with van der Waals surface area (Å²) in [5.74, 6) is 1.50. The number of hydrogen-bond donors (Lipinski definition) is 3. The van der Waals surface area contributed by atoms with Gasteiger partial charge < -0.3 is 20.4 Å². The molecule has 192 valence electrons. The zero-order chi connectivity index (χ0) is 26.2. The van der Waals surface area contributed by atoms with Crippen molar-refractivity contribution in [3.05, 3.63) is 88.4 Å². The summed E-state index contributed by atoms with van der Waals surface area (Å²) in [5, 5.41) is 10.8. The Labute approximate surface area is 225 Å². The van der Waals surface area contributed by atoms with Gasteiger partial charge in [0.2, 0.25) is 11.9 Å². The van der Waals surface area contributed by atoms with Gasteiger partial charge in [0.1, 0.15) is 17.6 Å². The minimum Gasteiger partial charge on any atom is -0.442 e. The average molecular weight is 539 g/mol. The highest BCUT2D eigenvalue weighted by molar-refractivity contribution is 6.30. The van der Waals surface area contributed by atoms with E-state index in [0.29, 0.717) is 52.8 Å². The third kappa shape index (κ3) is 7.93. The van der Waals surface area contributed by atoms with Crippen LogP contribution in [0.15, 0.2) is 71.6 Å². The van der Waals surface area contributed by atoms with Crippen molar-refractivity contribution in [2.24, 2.45) is 5.92 Å². The lowest BCUT2D eigenvalue weighted by Crippen LogP contribution is -2.40. The van der Waals surface area contributed by atoms with E-state index >= 15 is 0 Å². The van der Waals surface area contributed by atoms with E-state index in [4.69, 9.17) is 27.6 Å². The Kier molecular flexibility index (Phi) is 8.98. The van der Waals surface area contributed by atoms with E-state index < -0.39 is 6.04 Å². The van der Waals surface area contributed by atoms with Crippen LogP contribution in [0.2, 0.25) is 10.0 Å². The number of nitrogens with one attached hydrogen (secondary N) is 3.